The average molecular weight is 297 g/mol. The Bertz CT molecular complexity index is 741. The first-order chi connectivity index (χ1) is 10.6. The summed E-state index contributed by atoms with van der Waals surface area (Å²) in [4.78, 5) is 30.3. The highest BCUT2D eigenvalue weighted by atomic mass is 16.6. The van der Waals surface area contributed by atoms with Crippen molar-refractivity contribution in [1.29, 1.82) is 0 Å². The van der Waals surface area contributed by atoms with Gasteiger partial charge >= 0.3 is 5.97 Å². The van der Waals surface area contributed by atoms with Gasteiger partial charge in [0.15, 0.2) is 6.04 Å². The lowest BCUT2D eigenvalue weighted by Crippen LogP contribution is -2.17. The molecule has 110 valence electrons. The number of benzene rings is 1. The Kier molecular flexibility index (Phi) is 3.61. The van der Waals surface area contributed by atoms with Gasteiger partial charge in [-0.15, -0.1) is 0 Å². The van der Waals surface area contributed by atoms with Gasteiger partial charge in [0, 0.05) is 36.5 Å². The first-order valence-corrected chi connectivity index (χ1v) is 6.57. The summed E-state index contributed by atoms with van der Waals surface area (Å²) in [6.07, 6.45) is 3.73. The molecule has 0 N–H and O–H groups in total. The van der Waals surface area contributed by atoms with Crippen molar-refractivity contribution in [3.05, 3.63) is 70.0 Å². The molecule has 0 spiro atoms. The summed E-state index contributed by atoms with van der Waals surface area (Å²) in [6.45, 7) is 0. The Hall–Kier alpha value is -3.09. The van der Waals surface area contributed by atoms with Crippen LogP contribution < -0.4 is 0 Å². The zero-order valence-corrected chi connectivity index (χ0v) is 11.4. The summed E-state index contributed by atoms with van der Waals surface area (Å²) < 4.78 is 5.15. The van der Waals surface area contributed by atoms with Gasteiger partial charge in [0.2, 0.25) is 5.90 Å². The lowest BCUT2D eigenvalue weighted by atomic mass is 10.1. The lowest BCUT2D eigenvalue weighted by molar-refractivity contribution is -0.384. The van der Waals surface area contributed by atoms with Crippen LogP contribution in [0.15, 0.2) is 53.8 Å². The molecule has 0 saturated carbocycles. The minimum absolute atomic E-state index is 0.0272. The van der Waals surface area contributed by atoms with Crippen molar-refractivity contribution >= 4 is 17.6 Å². The van der Waals surface area contributed by atoms with Gasteiger partial charge in [0.05, 0.1) is 4.92 Å². The van der Waals surface area contributed by atoms with E-state index in [-0.39, 0.29) is 11.6 Å². The van der Waals surface area contributed by atoms with Crippen molar-refractivity contribution in [3.63, 3.8) is 0 Å². The number of esters is 1. The molecule has 0 fully saturated rings. The zero-order valence-electron chi connectivity index (χ0n) is 11.4. The highest BCUT2D eigenvalue weighted by molar-refractivity contribution is 6.06. The predicted molar refractivity (Wildman–Crippen MR) is 77.5 cm³/mol. The molecule has 22 heavy (non-hydrogen) atoms. The summed E-state index contributed by atoms with van der Waals surface area (Å²) in [5.41, 5.74) is 1.39. The molecule has 1 unspecified atom stereocenters. The fourth-order valence-electron chi connectivity index (χ4n) is 2.11. The first kappa shape index (κ1) is 13.9. The van der Waals surface area contributed by atoms with Gasteiger partial charge in [-0.05, 0) is 23.8 Å². The molecule has 0 radical (unpaired) electrons. The number of pyridine rings is 1. The third kappa shape index (κ3) is 2.83. The van der Waals surface area contributed by atoms with Crippen LogP contribution in [0.4, 0.5) is 5.69 Å². The Morgan fingerprint density at radius 3 is 2.64 bits per heavy atom. The van der Waals surface area contributed by atoms with E-state index in [2.05, 4.69) is 9.98 Å². The molecule has 0 amide bonds. The number of rotatable bonds is 4. The van der Waals surface area contributed by atoms with E-state index >= 15 is 0 Å². The molecule has 1 aliphatic rings. The maximum absolute atomic E-state index is 11.9. The number of aliphatic imine (C=N–C) groups is 1. The number of non-ortho nitro benzene ring substituents is 1. The molecular weight excluding hydrogens is 286 g/mol. The summed E-state index contributed by atoms with van der Waals surface area (Å²) in [7, 11) is 0. The summed E-state index contributed by atoms with van der Waals surface area (Å²) in [6, 6.07) is 8.75. The standard InChI is InChI=1S/C15H11N3O4/c19-15-13(8-10-2-1-7-16-9-10)17-14(22-15)11-3-5-12(6-4-11)18(20)21/h1-7,9,13H,8H2. The maximum atomic E-state index is 11.9. The summed E-state index contributed by atoms with van der Waals surface area (Å²) >= 11 is 0. The Morgan fingerprint density at radius 2 is 2.00 bits per heavy atom. The number of hydrogen-bond donors (Lipinski definition) is 0. The Morgan fingerprint density at radius 1 is 1.23 bits per heavy atom. The van der Waals surface area contributed by atoms with Crippen LogP contribution in [0.25, 0.3) is 0 Å². The van der Waals surface area contributed by atoms with Crippen molar-refractivity contribution in [3.8, 4) is 0 Å². The van der Waals surface area contributed by atoms with Gasteiger partial charge in [0.25, 0.3) is 5.69 Å². The van der Waals surface area contributed by atoms with E-state index in [0.29, 0.717) is 12.0 Å². The van der Waals surface area contributed by atoms with Crippen LogP contribution in [-0.2, 0) is 16.0 Å². The molecule has 1 aromatic carbocycles. The van der Waals surface area contributed by atoms with Crippen LogP contribution in [0.3, 0.4) is 0 Å². The number of ether oxygens (including phenoxy) is 1. The molecule has 0 aliphatic carbocycles. The van der Waals surface area contributed by atoms with E-state index in [1.807, 2.05) is 6.07 Å². The molecule has 3 rings (SSSR count). The van der Waals surface area contributed by atoms with E-state index in [0.717, 1.165) is 5.56 Å². The van der Waals surface area contributed by atoms with E-state index in [1.54, 1.807) is 18.5 Å². The van der Waals surface area contributed by atoms with Gasteiger partial charge in [-0.25, -0.2) is 9.79 Å². The minimum Gasteiger partial charge on any atom is -0.406 e. The number of hydrogen-bond acceptors (Lipinski definition) is 6. The second-order valence-corrected chi connectivity index (χ2v) is 4.74. The van der Waals surface area contributed by atoms with Gasteiger partial charge in [0.1, 0.15) is 0 Å². The maximum Gasteiger partial charge on any atom is 0.338 e. The molecule has 7 heteroatoms. The van der Waals surface area contributed by atoms with Crippen LogP contribution in [0, 0.1) is 10.1 Å². The quantitative estimate of drug-likeness (QED) is 0.488. The normalized spacial score (nSPS) is 17.0. The van der Waals surface area contributed by atoms with Crippen LogP contribution in [-0.4, -0.2) is 27.8 Å². The van der Waals surface area contributed by atoms with Gasteiger partial charge < -0.3 is 4.74 Å². The zero-order chi connectivity index (χ0) is 15.5. The average Bonchev–Trinajstić information content (AvgIpc) is 2.89. The molecule has 0 saturated heterocycles. The fourth-order valence-corrected chi connectivity index (χ4v) is 2.11. The number of nitro benzene ring substituents is 1. The van der Waals surface area contributed by atoms with Gasteiger partial charge in [-0.1, -0.05) is 6.07 Å². The number of carbonyl (C=O) groups is 1. The second-order valence-electron chi connectivity index (χ2n) is 4.74. The van der Waals surface area contributed by atoms with E-state index in [4.69, 9.17) is 4.74 Å². The van der Waals surface area contributed by atoms with Gasteiger partial charge in [-0.2, -0.15) is 0 Å². The minimum atomic E-state index is -0.616. The molecule has 2 aromatic rings. The van der Waals surface area contributed by atoms with E-state index < -0.39 is 16.9 Å². The molecular formula is C15H11N3O4. The predicted octanol–water partition coefficient (Wildman–Crippen LogP) is 1.90. The summed E-state index contributed by atoms with van der Waals surface area (Å²) in [5, 5.41) is 10.6. The van der Waals surface area contributed by atoms with Crippen LogP contribution in [0.2, 0.25) is 0 Å². The number of cyclic esters (lactones) is 1. The third-order valence-electron chi connectivity index (χ3n) is 3.22. The van der Waals surface area contributed by atoms with Crippen LogP contribution in [0.1, 0.15) is 11.1 Å². The van der Waals surface area contributed by atoms with Crippen LogP contribution in [0.5, 0.6) is 0 Å². The van der Waals surface area contributed by atoms with Crippen molar-refractivity contribution in [2.45, 2.75) is 12.5 Å². The number of nitro groups is 1. The smallest absolute Gasteiger partial charge is 0.338 e. The van der Waals surface area contributed by atoms with E-state index in [1.165, 1.54) is 24.3 Å². The highest BCUT2D eigenvalue weighted by Gasteiger charge is 2.30. The van der Waals surface area contributed by atoms with Crippen molar-refractivity contribution in [2.24, 2.45) is 4.99 Å². The fraction of sp³-hybridized carbons (Fsp3) is 0.133. The number of aromatic nitrogens is 1. The molecule has 2 heterocycles. The first-order valence-electron chi connectivity index (χ1n) is 6.57. The van der Waals surface area contributed by atoms with Crippen molar-refractivity contribution in [2.75, 3.05) is 0 Å². The van der Waals surface area contributed by atoms with Crippen molar-refractivity contribution < 1.29 is 14.5 Å². The lowest BCUT2D eigenvalue weighted by Gasteiger charge is -2.02. The Balaban J connectivity index is 1.79. The number of carbonyl (C=O) groups excluding carboxylic acids is 1. The molecule has 1 aromatic heterocycles. The van der Waals surface area contributed by atoms with Crippen LogP contribution >= 0.6 is 0 Å². The topological polar surface area (TPSA) is 94.7 Å². The molecule has 7 nitrogen and oxygen atoms in total. The molecule has 1 aliphatic heterocycles. The third-order valence-corrected chi connectivity index (χ3v) is 3.22. The number of nitrogens with zero attached hydrogens (tertiary/aromatic N) is 3. The molecule has 0 bridgehead atoms. The van der Waals surface area contributed by atoms with E-state index in [9.17, 15) is 14.9 Å². The monoisotopic (exact) mass is 297 g/mol. The second kappa shape index (κ2) is 5.72. The summed E-state index contributed by atoms with van der Waals surface area (Å²) in [5.74, 6) is -0.244. The highest BCUT2D eigenvalue weighted by Crippen LogP contribution is 2.19. The largest absolute Gasteiger partial charge is 0.406 e. The van der Waals surface area contributed by atoms with Gasteiger partial charge in [-0.3, -0.25) is 15.1 Å². The van der Waals surface area contributed by atoms with Crippen molar-refractivity contribution in [1.82, 2.24) is 4.98 Å². The Labute approximate surface area is 125 Å². The SMILES string of the molecule is O=C1OC(c2ccc([N+](=O)[O-])cc2)=NC1Cc1cccnc1. The molecule has 1 atom stereocenters.